The lowest BCUT2D eigenvalue weighted by Crippen LogP contribution is -2.51. The molecule has 6 nitrogen and oxygen atoms in total. The van der Waals surface area contributed by atoms with Crippen molar-refractivity contribution in [2.75, 3.05) is 26.2 Å². The van der Waals surface area contributed by atoms with Gasteiger partial charge in [-0.15, -0.1) is 0 Å². The summed E-state index contributed by atoms with van der Waals surface area (Å²) in [6.45, 7) is 4.67. The number of amides is 2. The molecule has 104 valence electrons. The molecule has 2 N–H and O–H groups in total. The van der Waals surface area contributed by atoms with Crippen molar-refractivity contribution in [2.24, 2.45) is 0 Å². The maximum absolute atomic E-state index is 11.9. The molecule has 0 spiro atoms. The molecular formula is C13H19N3O3. The van der Waals surface area contributed by atoms with Crippen molar-refractivity contribution in [3.8, 4) is 0 Å². The highest BCUT2D eigenvalue weighted by atomic mass is 16.3. The van der Waals surface area contributed by atoms with Crippen molar-refractivity contribution >= 4 is 11.8 Å². The predicted octanol–water partition coefficient (Wildman–Crippen LogP) is 0.220. The van der Waals surface area contributed by atoms with E-state index in [1.54, 1.807) is 12.1 Å². The Morgan fingerprint density at radius 3 is 3.11 bits per heavy atom. The van der Waals surface area contributed by atoms with Crippen LogP contribution in [0.5, 0.6) is 0 Å². The minimum absolute atomic E-state index is 0.0769. The molecule has 1 saturated heterocycles. The van der Waals surface area contributed by atoms with E-state index in [0.29, 0.717) is 19.0 Å². The van der Waals surface area contributed by atoms with Gasteiger partial charge >= 0.3 is 0 Å². The van der Waals surface area contributed by atoms with Gasteiger partial charge in [0.05, 0.1) is 6.26 Å². The lowest BCUT2D eigenvalue weighted by molar-refractivity contribution is -0.132. The van der Waals surface area contributed by atoms with Gasteiger partial charge in [0.2, 0.25) is 5.91 Å². The molecule has 1 aliphatic heterocycles. The molecule has 0 radical (unpaired) electrons. The third-order valence-corrected chi connectivity index (χ3v) is 3.09. The summed E-state index contributed by atoms with van der Waals surface area (Å²) in [5.41, 5.74) is 0. The number of nitrogens with one attached hydrogen (secondary N) is 2. The topological polar surface area (TPSA) is 74.6 Å². The van der Waals surface area contributed by atoms with E-state index in [-0.39, 0.29) is 17.6 Å². The van der Waals surface area contributed by atoms with Crippen LogP contribution < -0.4 is 10.6 Å². The Hall–Kier alpha value is -1.82. The number of carbonyl (C=O) groups is 2. The lowest BCUT2D eigenvalue weighted by atomic mass is 10.2. The van der Waals surface area contributed by atoms with Crippen molar-refractivity contribution in [3.63, 3.8) is 0 Å². The molecule has 1 aromatic rings. The van der Waals surface area contributed by atoms with Crippen LogP contribution in [0.2, 0.25) is 0 Å². The zero-order valence-corrected chi connectivity index (χ0v) is 11.0. The van der Waals surface area contributed by atoms with E-state index in [0.717, 1.165) is 19.6 Å². The van der Waals surface area contributed by atoms with Crippen LogP contribution >= 0.6 is 0 Å². The van der Waals surface area contributed by atoms with E-state index in [2.05, 4.69) is 17.6 Å². The van der Waals surface area contributed by atoms with Gasteiger partial charge in [-0.1, -0.05) is 0 Å². The lowest BCUT2D eigenvalue weighted by Gasteiger charge is -2.32. The number of piperazine rings is 1. The highest BCUT2D eigenvalue weighted by Crippen LogP contribution is 2.02. The highest BCUT2D eigenvalue weighted by Gasteiger charge is 2.20. The second-order valence-corrected chi connectivity index (χ2v) is 4.68. The zero-order valence-electron chi connectivity index (χ0n) is 11.0. The van der Waals surface area contributed by atoms with Crippen molar-refractivity contribution in [1.29, 1.82) is 0 Å². The first-order valence-electron chi connectivity index (χ1n) is 6.49. The molecule has 0 saturated carbocycles. The number of nitrogens with zero attached hydrogens (tertiary/aromatic N) is 1. The SMILES string of the molecule is CC1CN(C(=O)CCNC(=O)c2ccco2)CCN1. The average Bonchev–Trinajstić information content (AvgIpc) is 2.92. The van der Waals surface area contributed by atoms with Crippen molar-refractivity contribution in [1.82, 2.24) is 15.5 Å². The number of rotatable bonds is 4. The van der Waals surface area contributed by atoms with Crippen LogP contribution in [0.1, 0.15) is 23.9 Å². The maximum Gasteiger partial charge on any atom is 0.286 e. The van der Waals surface area contributed by atoms with Crippen molar-refractivity contribution in [3.05, 3.63) is 24.2 Å². The first-order chi connectivity index (χ1) is 9.16. The Labute approximate surface area is 112 Å². The summed E-state index contributed by atoms with van der Waals surface area (Å²) < 4.78 is 4.97. The van der Waals surface area contributed by atoms with E-state index in [1.807, 2.05) is 4.90 Å². The van der Waals surface area contributed by atoms with E-state index < -0.39 is 0 Å². The Bertz CT molecular complexity index is 430. The molecule has 2 rings (SSSR count). The maximum atomic E-state index is 11.9. The standard InChI is InChI=1S/C13H19N3O3/c1-10-9-16(7-6-14-10)12(17)4-5-15-13(18)11-3-2-8-19-11/h2-3,8,10,14H,4-7,9H2,1H3,(H,15,18). The quantitative estimate of drug-likeness (QED) is 0.816. The number of carbonyl (C=O) groups excluding carboxylic acids is 2. The minimum atomic E-state index is -0.286. The van der Waals surface area contributed by atoms with Gasteiger partial charge in [0, 0.05) is 38.6 Å². The van der Waals surface area contributed by atoms with Gasteiger partial charge in [-0.05, 0) is 19.1 Å². The van der Waals surface area contributed by atoms with E-state index >= 15 is 0 Å². The molecule has 1 aliphatic rings. The van der Waals surface area contributed by atoms with E-state index in [4.69, 9.17) is 4.42 Å². The number of furan rings is 1. The second kappa shape index (κ2) is 6.38. The smallest absolute Gasteiger partial charge is 0.286 e. The molecule has 19 heavy (non-hydrogen) atoms. The fourth-order valence-corrected chi connectivity index (χ4v) is 2.09. The normalized spacial score (nSPS) is 19.2. The van der Waals surface area contributed by atoms with Gasteiger partial charge in [0.1, 0.15) is 0 Å². The molecule has 1 atom stereocenters. The van der Waals surface area contributed by atoms with Gasteiger partial charge in [0.15, 0.2) is 5.76 Å². The third kappa shape index (κ3) is 3.82. The molecule has 6 heteroatoms. The highest BCUT2D eigenvalue weighted by molar-refractivity contribution is 5.91. The summed E-state index contributed by atoms with van der Waals surface area (Å²) in [7, 11) is 0. The molecule has 1 aromatic heterocycles. The largest absolute Gasteiger partial charge is 0.459 e. The molecule has 0 aromatic carbocycles. The minimum Gasteiger partial charge on any atom is -0.459 e. The molecule has 0 bridgehead atoms. The second-order valence-electron chi connectivity index (χ2n) is 4.68. The van der Waals surface area contributed by atoms with Crippen LogP contribution in [-0.4, -0.2) is 48.9 Å². The molecule has 2 amide bonds. The third-order valence-electron chi connectivity index (χ3n) is 3.09. The predicted molar refractivity (Wildman–Crippen MR) is 69.7 cm³/mol. The van der Waals surface area contributed by atoms with Crippen LogP contribution in [-0.2, 0) is 4.79 Å². The van der Waals surface area contributed by atoms with E-state index in [1.165, 1.54) is 6.26 Å². The average molecular weight is 265 g/mol. The Kier molecular flexibility index (Phi) is 4.57. The summed E-state index contributed by atoms with van der Waals surface area (Å²) in [6.07, 6.45) is 1.77. The summed E-state index contributed by atoms with van der Waals surface area (Å²) >= 11 is 0. The molecule has 1 fully saturated rings. The summed E-state index contributed by atoms with van der Waals surface area (Å²) in [4.78, 5) is 25.3. The van der Waals surface area contributed by atoms with Gasteiger partial charge in [-0.3, -0.25) is 9.59 Å². The van der Waals surface area contributed by atoms with Crippen LogP contribution in [0, 0.1) is 0 Å². The Balaban J connectivity index is 1.70. The monoisotopic (exact) mass is 265 g/mol. The fraction of sp³-hybridized carbons (Fsp3) is 0.538. The zero-order chi connectivity index (χ0) is 13.7. The first-order valence-corrected chi connectivity index (χ1v) is 6.49. The van der Waals surface area contributed by atoms with E-state index in [9.17, 15) is 9.59 Å². The van der Waals surface area contributed by atoms with Gasteiger partial charge in [-0.25, -0.2) is 0 Å². The van der Waals surface area contributed by atoms with Gasteiger partial charge in [0.25, 0.3) is 5.91 Å². The van der Waals surface area contributed by atoms with Crippen LogP contribution in [0.3, 0.4) is 0 Å². The molecule has 2 heterocycles. The van der Waals surface area contributed by atoms with Gasteiger partial charge < -0.3 is 20.0 Å². The summed E-state index contributed by atoms with van der Waals surface area (Å²) in [5.74, 6) is 0.0582. The van der Waals surface area contributed by atoms with Gasteiger partial charge in [-0.2, -0.15) is 0 Å². The first kappa shape index (κ1) is 13.6. The molecule has 0 aliphatic carbocycles. The van der Waals surface area contributed by atoms with Crippen molar-refractivity contribution in [2.45, 2.75) is 19.4 Å². The summed E-state index contributed by atoms with van der Waals surface area (Å²) in [6, 6.07) is 3.58. The summed E-state index contributed by atoms with van der Waals surface area (Å²) in [5, 5.41) is 5.95. The Morgan fingerprint density at radius 1 is 1.58 bits per heavy atom. The van der Waals surface area contributed by atoms with Crippen LogP contribution in [0.25, 0.3) is 0 Å². The number of hydrogen-bond acceptors (Lipinski definition) is 4. The fourth-order valence-electron chi connectivity index (χ4n) is 2.09. The number of hydrogen-bond donors (Lipinski definition) is 2. The molecular weight excluding hydrogens is 246 g/mol. The van der Waals surface area contributed by atoms with Crippen LogP contribution in [0.4, 0.5) is 0 Å². The van der Waals surface area contributed by atoms with Crippen LogP contribution in [0.15, 0.2) is 22.8 Å². The van der Waals surface area contributed by atoms with Crippen molar-refractivity contribution < 1.29 is 14.0 Å². The Morgan fingerprint density at radius 2 is 2.42 bits per heavy atom. The molecule has 1 unspecified atom stereocenters.